The fourth-order valence-corrected chi connectivity index (χ4v) is 2.69. The number of nitrogens with two attached hydrogens (primary N) is 1. The average molecular weight is 255 g/mol. The smallest absolute Gasteiger partial charge is 0.239 e. The minimum Gasteiger partial charge on any atom is -0.340 e. The normalized spacial score (nSPS) is 23.4. The van der Waals surface area contributed by atoms with Crippen LogP contribution in [0, 0.1) is 5.92 Å². The Morgan fingerprint density at radius 2 is 2.00 bits per heavy atom. The van der Waals surface area contributed by atoms with Gasteiger partial charge in [-0.2, -0.15) is 0 Å². The Morgan fingerprint density at radius 1 is 1.39 bits per heavy atom. The van der Waals surface area contributed by atoms with Crippen LogP contribution in [-0.4, -0.2) is 54.0 Å². The van der Waals surface area contributed by atoms with E-state index in [1.807, 2.05) is 4.90 Å². The van der Waals surface area contributed by atoms with E-state index < -0.39 is 0 Å². The van der Waals surface area contributed by atoms with Crippen LogP contribution >= 0.6 is 0 Å². The zero-order chi connectivity index (χ0) is 13.7. The number of rotatable bonds is 6. The van der Waals surface area contributed by atoms with E-state index in [2.05, 4.69) is 32.6 Å². The third-order valence-electron chi connectivity index (χ3n) is 4.35. The zero-order valence-electron chi connectivity index (χ0n) is 12.4. The molecule has 0 aromatic carbocycles. The van der Waals surface area contributed by atoms with Gasteiger partial charge in [0.05, 0.1) is 6.04 Å². The summed E-state index contributed by atoms with van der Waals surface area (Å²) in [6.07, 6.45) is 2.04. The molecule has 0 saturated carbocycles. The fourth-order valence-electron chi connectivity index (χ4n) is 2.69. The Hall–Kier alpha value is -0.610. The van der Waals surface area contributed by atoms with Gasteiger partial charge in [0, 0.05) is 19.1 Å². The Morgan fingerprint density at radius 3 is 2.50 bits per heavy atom. The summed E-state index contributed by atoms with van der Waals surface area (Å²) < 4.78 is 0. The second kappa shape index (κ2) is 7.10. The van der Waals surface area contributed by atoms with Crippen molar-refractivity contribution in [3.8, 4) is 0 Å². The molecule has 1 amide bonds. The van der Waals surface area contributed by atoms with Crippen LogP contribution in [-0.2, 0) is 4.79 Å². The van der Waals surface area contributed by atoms with Crippen molar-refractivity contribution in [3.05, 3.63) is 0 Å². The van der Waals surface area contributed by atoms with Crippen molar-refractivity contribution >= 4 is 5.91 Å². The van der Waals surface area contributed by atoms with Gasteiger partial charge in [0.25, 0.3) is 0 Å². The molecule has 2 unspecified atom stereocenters. The van der Waals surface area contributed by atoms with E-state index in [1.54, 1.807) is 0 Å². The molecule has 18 heavy (non-hydrogen) atoms. The molecule has 0 aliphatic carbocycles. The average Bonchev–Trinajstić information content (AvgIpc) is 2.87. The van der Waals surface area contributed by atoms with Crippen LogP contribution in [0.2, 0.25) is 0 Å². The van der Waals surface area contributed by atoms with Gasteiger partial charge >= 0.3 is 0 Å². The van der Waals surface area contributed by atoms with Crippen LogP contribution in [0.25, 0.3) is 0 Å². The second-order valence-electron chi connectivity index (χ2n) is 5.36. The maximum Gasteiger partial charge on any atom is 0.239 e. The van der Waals surface area contributed by atoms with Crippen molar-refractivity contribution in [2.45, 2.75) is 52.6 Å². The highest BCUT2D eigenvalue weighted by Crippen LogP contribution is 2.18. The molecule has 4 nitrogen and oxygen atoms in total. The lowest BCUT2D eigenvalue weighted by atomic mass is 9.99. The number of hydrogen-bond acceptors (Lipinski definition) is 3. The number of carbonyl (C=O) groups excluding carboxylic acids is 1. The van der Waals surface area contributed by atoms with Gasteiger partial charge in [0.2, 0.25) is 5.91 Å². The lowest BCUT2D eigenvalue weighted by Gasteiger charge is -2.27. The van der Waals surface area contributed by atoms with Crippen LogP contribution in [0.15, 0.2) is 0 Å². The third-order valence-corrected chi connectivity index (χ3v) is 4.35. The molecule has 3 atom stereocenters. The van der Waals surface area contributed by atoms with Crippen LogP contribution in [0.4, 0.5) is 0 Å². The zero-order valence-corrected chi connectivity index (χ0v) is 12.4. The van der Waals surface area contributed by atoms with Gasteiger partial charge in [-0.05, 0) is 25.4 Å². The molecule has 0 radical (unpaired) electrons. The first-order valence-electron chi connectivity index (χ1n) is 7.33. The van der Waals surface area contributed by atoms with Crippen LogP contribution in [0.5, 0.6) is 0 Å². The molecule has 0 aromatic rings. The van der Waals surface area contributed by atoms with E-state index in [9.17, 15) is 4.79 Å². The molecule has 4 heteroatoms. The summed E-state index contributed by atoms with van der Waals surface area (Å²) in [7, 11) is 0. The standard InChI is InChI=1S/C14H29N3O/c1-5-11(4)13(15)14(18)17-9-8-12(10-17)16(6-2)7-3/h11-13H,5-10,15H2,1-4H3/t11?,12?,13-/m0/s1. The van der Waals surface area contributed by atoms with Gasteiger partial charge in [-0.1, -0.05) is 34.1 Å². The van der Waals surface area contributed by atoms with E-state index in [-0.39, 0.29) is 17.9 Å². The first kappa shape index (κ1) is 15.4. The van der Waals surface area contributed by atoms with Gasteiger partial charge in [-0.3, -0.25) is 9.69 Å². The van der Waals surface area contributed by atoms with Gasteiger partial charge in [0.1, 0.15) is 0 Å². The molecular weight excluding hydrogens is 226 g/mol. The van der Waals surface area contributed by atoms with E-state index >= 15 is 0 Å². The number of likely N-dealkylation sites (N-methyl/N-ethyl adjacent to an activating group) is 1. The maximum atomic E-state index is 12.3. The van der Waals surface area contributed by atoms with E-state index in [4.69, 9.17) is 5.73 Å². The van der Waals surface area contributed by atoms with Gasteiger partial charge in [0.15, 0.2) is 0 Å². The van der Waals surface area contributed by atoms with Crippen LogP contribution in [0.3, 0.4) is 0 Å². The number of likely N-dealkylation sites (tertiary alicyclic amines) is 1. The minimum atomic E-state index is -0.328. The molecule has 1 fully saturated rings. The fraction of sp³-hybridized carbons (Fsp3) is 0.929. The first-order valence-corrected chi connectivity index (χ1v) is 7.33. The molecule has 1 rings (SSSR count). The summed E-state index contributed by atoms with van der Waals surface area (Å²) >= 11 is 0. The molecular formula is C14H29N3O. The lowest BCUT2D eigenvalue weighted by Crippen LogP contribution is -2.47. The monoisotopic (exact) mass is 255 g/mol. The summed E-state index contributed by atoms with van der Waals surface area (Å²) in [6, 6.07) is 0.193. The molecule has 1 saturated heterocycles. The molecule has 0 aromatic heterocycles. The van der Waals surface area contributed by atoms with Crippen LogP contribution in [0.1, 0.15) is 40.5 Å². The molecule has 1 aliphatic rings. The third kappa shape index (κ3) is 3.45. The van der Waals surface area contributed by atoms with Crippen molar-refractivity contribution in [2.24, 2.45) is 11.7 Å². The number of amides is 1. The second-order valence-corrected chi connectivity index (χ2v) is 5.36. The highest BCUT2D eigenvalue weighted by molar-refractivity contribution is 5.82. The summed E-state index contributed by atoms with van der Waals surface area (Å²) in [5.41, 5.74) is 6.03. The predicted molar refractivity (Wildman–Crippen MR) is 75.3 cm³/mol. The van der Waals surface area contributed by atoms with Crippen molar-refractivity contribution in [1.29, 1.82) is 0 Å². The van der Waals surface area contributed by atoms with Gasteiger partial charge in [-0.25, -0.2) is 0 Å². The van der Waals surface area contributed by atoms with Crippen molar-refractivity contribution in [1.82, 2.24) is 9.80 Å². The minimum absolute atomic E-state index is 0.138. The van der Waals surface area contributed by atoms with Crippen molar-refractivity contribution < 1.29 is 4.79 Å². The maximum absolute atomic E-state index is 12.3. The van der Waals surface area contributed by atoms with E-state index in [0.29, 0.717) is 6.04 Å². The summed E-state index contributed by atoms with van der Waals surface area (Å²) in [5, 5.41) is 0. The number of nitrogens with zero attached hydrogens (tertiary/aromatic N) is 2. The molecule has 0 spiro atoms. The molecule has 0 bridgehead atoms. The Labute approximate surface area is 111 Å². The lowest BCUT2D eigenvalue weighted by molar-refractivity contribution is -0.132. The van der Waals surface area contributed by atoms with E-state index in [0.717, 1.165) is 39.0 Å². The Bertz CT molecular complexity index is 266. The van der Waals surface area contributed by atoms with E-state index in [1.165, 1.54) is 0 Å². The highest BCUT2D eigenvalue weighted by atomic mass is 16.2. The molecule has 1 aliphatic heterocycles. The van der Waals surface area contributed by atoms with Gasteiger partial charge in [-0.15, -0.1) is 0 Å². The summed E-state index contributed by atoms with van der Waals surface area (Å²) in [4.78, 5) is 16.7. The molecule has 1 heterocycles. The van der Waals surface area contributed by atoms with Gasteiger partial charge < -0.3 is 10.6 Å². The SMILES string of the molecule is CCC(C)[C@H](N)C(=O)N1CCC(N(CC)CC)C1. The predicted octanol–water partition coefficient (Wildman–Crippen LogP) is 1.30. The summed E-state index contributed by atoms with van der Waals surface area (Å²) in [5.74, 6) is 0.406. The highest BCUT2D eigenvalue weighted by Gasteiger charge is 2.32. The van der Waals surface area contributed by atoms with Crippen molar-refractivity contribution in [2.75, 3.05) is 26.2 Å². The molecule has 2 N–H and O–H groups in total. The Kier molecular flexibility index (Phi) is 6.09. The Balaban J connectivity index is 2.53. The first-order chi connectivity index (χ1) is 8.54. The number of hydrogen-bond donors (Lipinski definition) is 1. The molecule has 106 valence electrons. The quantitative estimate of drug-likeness (QED) is 0.778. The van der Waals surface area contributed by atoms with Crippen molar-refractivity contribution in [3.63, 3.8) is 0 Å². The largest absolute Gasteiger partial charge is 0.340 e. The van der Waals surface area contributed by atoms with Crippen LogP contribution < -0.4 is 5.73 Å². The topological polar surface area (TPSA) is 49.6 Å². The summed E-state index contributed by atoms with van der Waals surface area (Å²) in [6.45, 7) is 12.3. The number of carbonyl (C=O) groups is 1.